The van der Waals surface area contributed by atoms with Crippen molar-refractivity contribution in [3.05, 3.63) is 24.3 Å². The van der Waals surface area contributed by atoms with Crippen LogP contribution in [0.1, 0.15) is 32.1 Å². The third-order valence-electron chi connectivity index (χ3n) is 4.82. The minimum atomic E-state index is -0.491. The predicted octanol–water partition coefficient (Wildman–Crippen LogP) is 0.976. The minimum absolute atomic E-state index is 0.270. The van der Waals surface area contributed by atoms with Gasteiger partial charge in [0.1, 0.15) is 0 Å². The van der Waals surface area contributed by atoms with Crippen molar-refractivity contribution >= 4 is 17.8 Å². The first-order valence-electron chi connectivity index (χ1n) is 8.31. The molecule has 1 saturated carbocycles. The zero-order valence-electron chi connectivity index (χ0n) is 13.6. The summed E-state index contributed by atoms with van der Waals surface area (Å²) in [5.41, 5.74) is 0. The van der Waals surface area contributed by atoms with Gasteiger partial charge in [-0.05, 0) is 38.0 Å². The fourth-order valence-electron chi connectivity index (χ4n) is 3.31. The summed E-state index contributed by atoms with van der Waals surface area (Å²) in [4.78, 5) is 41.5. The van der Waals surface area contributed by atoms with E-state index in [1.165, 1.54) is 29.2 Å². The van der Waals surface area contributed by atoms with Crippen LogP contribution in [0.4, 0.5) is 0 Å². The zero-order valence-corrected chi connectivity index (χ0v) is 13.6. The molecule has 1 aliphatic heterocycles. The molecule has 8 heteroatoms. The van der Waals surface area contributed by atoms with E-state index in [4.69, 9.17) is 4.84 Å². The molecule has 0 saturated heterocycles. The van der Waals surface area contributed by atoms with E-state index in [-0.39, 0.29) is 29.5 Å². The number of imide groups is 1. The summed E-state index contributed by atoms with van der Waals surface area (Å²) in [6, 6.07) is 2.46. The van der Waals surface area contributed by atoms with Crippen LogP contribution in [0.15, 0.2) is 24.3 Å². The lowest BCUT2D eigenvalue weighted by atomic mass is 9.80. The molecule has 0 radical (unpaired) electrons. The van der Waals surface area contributed by atoms with Gasteiger partial charge in [0.25, 0.3) is 11.8 Å². The van der Waals surface area contributed by atoms with Crippen LogP contribution in [0.3, 0.4) is 0 Å². The van der Waals surface area contributed by atoms with E-state index >= 15 is 0 Å². The number of amides is 2. The Morgan fingerprint density at radius 2 is 1.60 bits per heavy atom. The first-order valence-corrected chi connectivity index (χ1v) is 8.31. The fourth-order valence-corrected chi connectivity index (χ4v) is 3.31. The van der Waals surface area contributed by atoms with Gasteiger partial charge in [0.05, 0.1) is 5.92 Å². The highest BCUT2D eigenvalue weighted by Crippen LogP contribution is 2.32. The molecule has 8 nitrogen and oxygen atoms in total. The van der Waals surface area contributed by atoms with Crippen molar-refractivity contribution in [2.75, 3.05) is 6.54 Å². The average Bonchev–Trinajstić information content (AvgIpc) is 3.09. The molecule has 1 aromatic rings. The summed E-state index contributed by atoms with van der Waals surface area (Å²) in [5, 5.41) is 19.0. The lowest BCUT2D eigenvalue weighted by Crippen LogP contribution is -2.33. The van der Waals surface area contributed by atoms with Crippen molar-refractivity contribution in [2.45, 2.75) is 32.1 Å². The van der Waals surface area contributed by atoms with Gasteiger partial charge >= 0.3 is 5.97 Å². The Hall–Kier alpha value is -2.77. The van der Waals surface area contributed by atoms with Gasteiger partial charge in [0.15, 0.2) is 0 Å². The molecule has 2 heterocycles. The summed E-state index contributed by atoms with van der Waals surface area (Å²) in [6.07, 6.45) is 6.14. The molecule has 0 unspecified atom stereocenters. The molecule has 3 rings (SSSR count). The van der Waals surface area contributed by atoms with Gasteiger partial charge in [-0.15, -0.1) is 4.73 Å². The maximum atomic E-state index is 12.2. The second-order valence-electron chi connectivity index (χ2n) is 6.42. The second kappa shape index (κ2) is 7.00. The Labute approximate surface area is 144 Å². The Bertz CT molecular complexity index is 677. The van der Waals surface area contributed by atoms with Gasteiger partial charge in [-0.25, -0.2) is 4.79 Å². The third kappa shape index (κ3) is 3.67. The Balaban J connectivity index is 1.45. The highest BCUT2D eigenvalue weighted by Gasteiger charge is 2.30. The molecule has 2 aliphatic rings. The first-order chi connectivity index (χ1) is 12.0. The van der Waals surface area contributed by atoms with Crippen molar-refractivity contribution in [3.63, 3.8) is 0 Å². The third-order valence-corrected chi connectivity index (χ3v) is 4.82. The Kier molecular flexibility index (Phi) is 4.78. The molecule has 1 aliphatic carbocycles. The van der Waals surface area contributed by atoms with Gasteiger partial charge in [0, 0.05) is 30.8 Å². The number of aromatic hydroxyl groups is 2. The van der Waals surface area contributed by atoms with Crippen molar-refractivity contribution < 1.29 is 29.4 Å². The number of carbonyl (C=O) groups excluding carboxylic acids is 3. The number of nitrogens with zero attached hydrogens (tertiary/aromatic N) is 2. The van der Waals surface area contributed by atoms with Crippen LogP contribution in [-0.4, -0.2) is 44.2 Å². The number of aromatic nitrogens is 1. The van der Waals surface area contributed by atoms with E-state index in [0.29, 0.717) is 30.0 Å². The van der Waals surface area contributed by atoms with Crippen molar-refractivity contribution in [1.29, 1.82) is 0 Å². The van der Waals surface area contributed by atoms with E-state index in [1.807, 2.05) is 0 Å². The number of rotatable bonds is 5. The van der Waals surface area contributed by atoms with E-state index in [9.17, 15) is 24.6 Å². The summed E-state index contributed by atoms with van der Waals surface area (Å²) >= 11 is 0. The molecule has 2 amide bonds. The standard InChI is InChI=1S/C17H20N2O6/c20-13-5-6-14(21)18(13)10-9-11-1-3-12(4-2-11)17(24)25-19-15(22)7-8-16(19)23/h5-8,11-12,22-23H,1-4,9-10H2. The van der Waals surface area contributed by atoms with Crippen molar-refractivity contribution in [2.24, 2.45) is 11.8 Å². The molecule has 0 aromatic carbocycles. The second-order valence-corrected chi connectivity index (χ2v) is 6.42. The largest absolute Gasteiger partial charge is 0.492 e. The molecule has 134 valence electrons. The SMILES string of the molecule is O=C(On1c(O)ccc1O)C1CCC(CCN2C(=O)C=CC2=O)CC1. The smallest absolute Gasteiger partial charge is 0.336 e. The molecule has 2 N–H and O–H groups in total. The van der Waals surface area contributed by atoms with Gasteiger partial charge in [0.2, 0.25) is 11.8 Å². The molecule has 25 heavy (non-hydrogen) atoms. The highest BCUT2D eigenvalue weighted by atomic mass is 16.7. The normalized spacial score (nSPS) is 23.3. The van der Waals surface area contributed by atoms with Crippen LogP contribution in [0.25, 0.3) is 0 Å². The van der Waals surface area contributed by atoms with Crippen LogP contribution in [0.2, 0.25) is 0 Å². The summed E-state index contributed by atoms with van der Waals surface area (Å²) in [7, 11) is 0. The molecule has 0 spiro atoms. The molecular formula is C17H20N2O6. The fraction of sp³-hybridized carbons (Fsp3) is 0.471. The van der Waals surface area contributed by atoms with Crippen LogP contribution < -0.4 is 4.84 Å². The quantitative estimate of drug-likeness (QED) is 0.768. The minimum Gasteiger partial charge on any atom is -0.492 e. The van der Waals surface area contributed by atoms with Gasteiger partial charge in [-0.1, -0.05) is 0 Å². The lowest BCUT2D eigenvalue weighted by molar-refractivity contribution is -0.151. The number of carbonyl (C=O) groups is 3. The van der Waals surface area contributed by atoms with Crippen LogP contribution in [-0.2, 0) is 14.4 Å². The van der Waals surface area contributed by atoms with E-state index in [2.05, 4.69) is 0 Å². The summed E-state index contributed by atoms with van der Waals surface area (Å²) in [6.45, 7) is 0.398. The van der Waals surface area contributed by atoms with Crippen LogP contribution in [0.5, 0.6) is 11.8 Å². The van der Waals surface area contributed by atoms with E-state index in [1.54, 1.807) is 0 Å². The van der Waals surface area contributed by atoms with Crippen molar-refractivity contribution in [3.8, 4) is 11.8 Å². The predicted molar refractivity (Wildman–Crippen MR) is 85.3 cm³/mol. The van der Waals surface area contributed by atoms with E-state index in [0.717, 1.165) is 19.3 Å². The molecule has 1 fully saturated rings. The molecule has 0 atom stereocenters. The maximum Gasteiger partial charge on any atom is 0.336 e. The van der Waals surface area contributed by atoms with Crippen LogP contribution >= 0.6 is 0 Å². The molecular weight excluding hydrogens is 328 g/mol. The van der Waals surface area contributed by atoms with Crippen molar-refractivity contribution in [1.82, 2.24) is 9.63 Å². The number of hydrogen-bond acceptors (Lipinski definition) is 6. The topological polar surface area (TPSA) is 109 Å². The van der Waals surface area contributed by atoms with Gasteiger partial charge < -0.3 is 15.1 Å². The van der Waals surface area contributed by atoms with Gasteiger partial charge in [-0.2, -0.15) is 0 Å². The monoisotopic (exact) mass is 348 g/mol. The van der Waals surface area contributed by atoms with Gasteiger partial charge in [-0.3, -0.25) is 14.5 Å². The summed E-state index contributed by atoms with van der Waals surface area (Å²) in [5.74, 6) is -1.66. The van der Waals surface area contributed by atoms with Crippen LogP contribution in [0, 0.1) is 11.8 Å². The maximum absolute atomic E-state index is 12.2. The Morgan fingerprint density at radius 1 is 1.04 bits per heavy atom. The average molecular weight is 348 g/mol. The summed E-state index contributed by atoms with van der Waals surface area (Å²) < 4.78 is 0.700. The first kappa shape index (κ1) is 17.1. The Morgan fingerprint density at radius 3 is 2.16 bits per heavy atom. The highest BCUT2D eigenvalue weighted by molar-refractivity contribution is 6.12. The number of hydrogen-bond donors (Lipinski definition) is 2. The molecule has 1 aromatic heterocycles. The molecule has 0 bridgehead atoms. The lowest BCUT2D eigenvalue weighted by Gasteiger charge is -2.28. The zero-order chi connectivity index (χ0) is 18.0. The van der Waals surface area contributed by atoms with E-state index < -0.39 is 5.97 Å².